The highest BCUT2D eigenvalue weighted by Crippen LogP contribution is 2.23. The lowest BCUT2D eigenvalue weighted by Crippen LogP contribution is -2.35. The Balaban J connectivity index is 0. The third-order valence-electron chi connectivity index (χ3n) is 3.78. The van der Waals surface area contributed by atoms with Crippen LogP contribution in [0.5, 0.6) is 0 Å². The van der Waals surface area contributed by atoms with Gasteiger partial charge in [0.2, 0.25) is 0 Å². The molecule has 1 fully saturated rings. The number of hydrogen-bond acceptors (Lipinski definition) is 9. The maximum Gasteiger partial charge on any atom is 0.302 e. The molecule has 172 valence electrons. The summed E-state index contributed by atoms with van der Waals surface area (Å²) in [7, 11) is 4.81. The lowest BCUT2D eigenvalue weighted by Gasteiger charge is -2.29. The summed E-state index contributed by atoms with van der Waals surface area (Å²) in [5, 5.41) is 0. The maximum absolute atomic E-state index is 10.7. The largest absolute Gasteiger partial charge is 0.463 e. The van der Waals surface area contributed by atoms with Gasteiger partial charge in [-0.3, -0.25) is 14.4 Å². The normalized spacial score (nSPS) is 18.7. The minimum atomic E-state index is -0.265. The molecular weight excluding hydrogens is 384 g/mol. The van der Waals surface area contributed by atoms with Crippen LogP contribution < -0.4 is 0 Å². The molecule has 3 atom stereocenters. The number of hydrogen-bond donors (Lipinski definition) is 0. The van der Waals surface area contributed by atoms with Gasteiger partial charge in [0, 0.05) is 42.1 Å². The zero-order valence-corrected chi connectivity index (χ0v) is 18.9. The first-order chi connectivity index (χ1) is 13.7. The van der Waals surface area contributed by atoms with Crippen molar-refractivity contribution in [2.45, 2.75) is 71.7 Å². The molecule has 1 unspecified atom stereocenters. The van der Waals surface area contributed by atoms with Gasteiger partial charge in [-0.15, -0.1) is 0 Å². The molecule has 1 rings (SSSR count). The van der Waals surface area contributed by atoms with Crippen LogP contribution in [-0.4, -0.2) is 77.4 Å². The van der Waals surface area contributed by atoms with E-state index < -0.39 is 0 Å². The molecule has 0 spiro atoms. The molecule has 29 heavy (non-hydrogen) atoms. The number of ether oxygens (including phenoxy) is 6. The molecule has 9 nitrogen and oxygen atoms in total. The molecule has 0 amide bonds. The van der Waals surface area contributed by atoms with Crippen LogP contribution in [0.2, 0.25) is 0 Å². The number of methoxy groups -OCH3 is 3. The Morgan fingerprint density at radius 1 is 0.828 bits per heavy atom. The van der Waals surface area contributed by atoms with Crippen molar-refractivity contribution in [3.63, 3.8) is 0 Å². The average Bonchev–Trinajstić information content (AvgIpc) is 2.67. The molecule has 0 radical (unpaired) electrons. The highest BCUT2D eigenvalue weighted by molar-refractivity contribution is 5.66. The summed E-state index contributed by atoms with van der Waals surface area (Å²) in [4.78, 5) is 30.9. The fraction of sp³-hybridized carbons (Fsp3) is 0.850. The number of carbonyl (C=O) groups is 3. The summed E-state index contributed by atoms with van der Waals surface area (Å²) < 4.78 is 28.9. The lowest BCUT2D eigenvalue weighted by atomic mass is 9.94. The van der Waals surface area contributed by atoms with Gasteiger partial charge in [0.25, 0.3) is 0 Å². The molecule has 0 bridgehead atoms. The zero-order chi connectivity index (χ0) is 22.7. The van der Waals surface area contributed by atoms with Gasteiger partial charge < -0.3 is 28.4 Å². The van der Waals surface area contributed by atoms with E-state index in [9.17, 15) is 14.4 Å². The second-order valence-electron chi connectivity index (χ2n) is 6.39. The molecule has 1 aliphatic rings. The predicted octanol–water partition coefficient (Wildman–Crippen LogP) is 2.29. The zero-order valence-electron chi connectivity index (χ0n) is 18.9. The van der Waals surface area contributed by atoms with Gasteiger partial charge in [-0.05, 0) is 26.2 Å². The minimum Gasteiger partial charge on any atom is -0.463 e. The van der Waals surface area contributed by atoms with E-state index in [2.05, 4.69) is 14.2 Å². The van der Waals surface area contributed by atoms with Crippen molar-refractivity contribution in [3.05, 3.63) is 0 Å². The van der Waals surface area contributed by atoms with E-state index >= 15 is 0 Å². The second kappa shape index (κ2) is 19.6. The third-order valence-corrected chi connectivity index (χ3v) is 3.78. The van der Waals surface area contributed by atoms with Crippen LogP contribution in [0.3, 0.4) is 0 Å². The smallest absolute Gasteiger partial charge is 0.302 e. The van der Waals surface area contributed by atoms with Crippen molar-refractivity contribution in [1.29, 1.82) is 0 Å². The molecule has 0 aliphatic heterocycles. The predicted molar refractivity (Wildman–Crippen MR) is 106 cm³/mol. The third kappa shape index (κ3) is 20.8. The van der Waals surface area contributed by atoms with Crippen LogP contribution in [0.25, 0.3) is 0 Å². The van der Waals surface area contributed by atoms with Crippen molar-refractivity contribution in [1.82, 2.24) is 0 Å². The molecule has 0 aromatic rings. The first-order valence-electron chi connectivity index (χ1n) is 9.66. The quantitative estimate of drug-likeness (QED) is 0.331. The SMILES string of the molecule is COC(C)COC(C)=O.COCCOC(C)=O.CO[C@@H]1CCCC[C@H]1OC(C)=O. The Morgan fingerprint density at radius 3 is 1.79 bits per heavy atom. The second-order valence-corrected chi connectivity index (χ2v) is 6.39. The van der Waals surface area contributed by atoms with Crippen LogP contribution in [0.15, 0.2) is 0 Å². The standard InChI is InChI=1S/C9H16O3.C6H12O3.C5H10O3/c1-7(10)12-9-6-4-3-5-8(9)11-2;1-5(8-3)4-9-6(2)7;1-5(6)8-4-3-7-2/h8-9H,3-6H2,1-2H3;5H,4H2,1-3H3;3-4H2,1-2H3/t8-,9-;;/m1../s1. The number of rotatable bonds is 8. The topological polar surface area (TPSA) is 107 Å². The van der Waals surface area contributed by atoms with Crippen molar-refractivity contribution in [3.8, 4) is 0 Å². The molecule has 0 heterocycles. The molecule has 0 saturated heterocycles. The van der Waals surface area contributed by atoms with Crippen LogP contribution in [0.1, 0.15) is 53.4 Å². The van der Waals surface area contributed by atoms with Crippen molar-refractivity contribution in [2.75, 3.05) is 41.2 Å². The molecule has 1 saturated carbocycles. The molecule has 0 aromatic carbocycles. The van der Waals surface area contributed by atoms with Crippen LogP contribution >= 0.6 is 0 Å². The average molecular weight is 423 g/mol. The fourth-order valence-electron chi connectivity index (χ4n) is 2.25. The van der Waals surface area contributed by atoms with Gasteiger partial charge in [0.1, 0.15) is 19.3 Å². The van der Waals surface area contributed by atoms with E-state index in [0.29, 0.717) is 19.8 Å². The van der Waals surface area contributed by atoms with Crippen molar-refractivity contribution < 1.29 is 42.8 Å². The van der Waals surface area contributed by atoms with Gasteiger partial charge in [0.15, 0.2) is 0 Å². The van der Waals surface area contributed by atoms with Crippen LogP contribution in [-0.2, 0) is 42.8 Å². The summed E-state index contributed by atoms with van der Waals surface area (Å²) in [5.41, 5.74) is 0. The molecule has 9 heteroatoms. The van der Waals surface area contributed by atoms with E-state index in [-0.39, 0.29) is 36.2 Å². The Hall–Kier alpha value is -1.71. The summed E-state index contributed by atoms with van der Waals surface area (Å²) in [6.45, 7) is 7.19. The molecule has 0 aromatic heterocycles. The van der Waals surface area contributed by atoms with Crippen molar-refractivity contribution >= 4 is 17.9 Å². The molecule has 1 aliphatic carbocycles. The lowest BCUT2D eigenvalue weighted by molar-refractivity contribution is -0.156. The highest BCUT2D eigenvalue weighted by atomic mass is 16.6. The van der Waals surface area contributed by atoms with Gasteiger partial charge in [-0.1, -0.05) is 6.42 Å². The Bertz CT molecular complexity index is 440. The summed E-state index contributed by atoms with van der Waals surface area (Å²) in [5.74, 6) is -0.732. The van der Waals surface area contributed by atoms with Crippen LogP contribution in [0.4, 0.5) is 0 Å². The highest BCUT2D eigenvalue weighted by Gasteiger charge is 2.26. The maximum atomic E-state index is 10.7. The summed E-state index contributed by atoms with van der Waals surface area (Å²) in [6.07, 6.45) is 4.36. The Morgan fingerprint density at radius 2 is 1.38 bits per heavy atom. The van der Waals surface area contributed by atoms with E-state index in [1.165, 1.54) is 27.2 Å². The molecule has 0 N–H and O–H groups in total. The Kier molecular flexibility index (Phi) is 19.9. The fourth-order valence-corrected chi connectivity index (χ4v) is 2.25. The number of carbonyl (C=O) groups excluding carboxylic acids is 3. The van der Waals surface area contributed by atoms with Gasteiger partial charge in [-0.25, -0.2) is 0 Å². The van der Waals surface area contributed by atoms with E-state index in [0.717, 1.165) is 19.3 Å². The Labute approximate surface area is 174 Å². The first kappa shape index (κ1) is 29.5. The first-order valence-corrected chi connectivity index (χ1v) is 9.66. The van der Waals surface area contributed by atoms with E-state index in [4.69, 9.17) is 14.2 Å². The summed E-state index contributed by atoms with van der Waals surface area (Å²) >= 11 is 0. The summed E-state index contributed by atoms with van der Waals surface area (Å²) in [6, 6.07) is 0. The monoisotopic (exact) mass is 422 g/mol. The van der Waals surface area contributed by atoms with Crippen LogP contribution in [0, 0.1) is 0 Å². The van der Waals surface area contributed by atoms with Gasteiger partial charge >= 0.3 is 17.9 Å². The van der Waals surface area contributed by atoms with E-state index in [1.807, 2.05) is 6.92 Å². The van der Waals surface area contributed by atoms with Gasteiger partial charge in [0.05, 0.1) is 18.8 Å². The minimum absolute atomic E-state index is 0.00565. The van der Waals surface area contributed by atoms with E-state index in [1.54, 1.807) is 21.3 Å². The number of esters is 3. The van der Waals surface area contributed by atoms with Gasteiger partial charge in [-0.2, -0.15) is 0 Å². The van der Waals surface area contributed by atoms with Crippen molar-refractivity contribution in [2.24, 2.45) is 0 Å². The molecular formula is C20H38O9.